The van der Waals surface area contributed by atoms with E-state index in [0.717, 1.165) is 12.5 Å². The molecule has 0 amide bonds. The van der Waals surface area contributed by atoms with Gasteiger partial charge in [-0.1, -0.05) is 0 Å². The first-order valence-electron chi connectivity index (χ1n) is 6.28. The molecule has 90 valence electrons. The Kier molecular flexibility index (Phi) is 3.33. The molecule has 2 rings (SSSR count). The first kappa shape index (κ1) is 11.6. The van der Waals surface area contributed by atoms with Gasteiger partial charge >= 0.3 is 0 Å². The molecule has 0 aliphatic carbocycles. The molecule has 0 bridgehead atoms. The van der Waals surface area contributed by atoms with E-state index in [2.05, 4.69) is 41.6 Å². The van der Waals surface area contributed by atoms with Crippen molar-refractivity contribution in [1.82, 2.24) is 14.7 Å². The van der Waals surface area contributed by atoms with Crippen molar-refractivity contribution in [3.63, 3.8) is 0 Å². The highest BCUT2D eigenvalue weighted by Crippen LogP contribution is 2.24. The lowest BCUT2D eigenvalue weighted by Gasteiger charge is -2.40. The molecule has 0 atom stereocenters. The molecule has 1 aromatic rings. The Bertz CT molecular complexity index is 302. The Morgan fingerprint density at radius 1 is 1.25 bits per heavy atom. The van der Waals surface area contributed by atoms with Crippen molar-refractivity contribution < 1.29 is 0 Å². The fourth-order valence-corrected chi connectivity index (χ4v) is 2.46. The summed E-state index contributed by atoms with van der Waals surface area (Å²) < 4.78 is 2.07. The summed E-state index contributed by atoms with van der Waals surface area (Å²) >= 11 is 0. The van der Waals surface area contributed by atoms with Crippen molar-refractivity contribution in [2.75, 3.05) is 13.1 Å². The van der Waals surface area contributed by atoms with Gasteiger partial charge in [-0.2, -0.15) is 5.10 Å². The largest absolute Gasteiger partial charge is 0.298 e. The van der Waals surface area contributed by atoms with Gasteiger partial charge in [-0.3, -0.25) is 9.58 Å². The van der Waals surface area contributed by atoms with Crippen molar-refractivity contribution in [1.29, 1.82) is 0 Å². The first-order valence-corrected chi connectivity index (χ1v) is 6.28. The molecule has 1 aromatic heterocycles. The van der Waals surface area contributed by atoms with Gasteiger partial charge in [0.05, 0.1) is 0 Å². The van der Waals surface area contributed by atoms with E-state index in [9.17, 15) is 0 Å². The summed E-state index contributed by atoms with van der Waals surface area (Å²) in [6, 6.07) is 2.00. The van der Waals surface area contributed by atoms with Crippen LogP contribution in [0.25, 0.3) is 0 Å². The van der Waals surface area contributed by atoms with Gasteiger partial charge in [-0.25, -0.2) is 0 Å². The molecule has 0 unspecified atom stereocenters. The fraction of sp³-hybridized carbons (Fsp3) is 0.769. The van der Waals surface area contributed by atoms with Crippen LogP contribution in [-0.4, -0.2) is 33.3 Å². The molecule has 3 heteroatoms. The molecule has 1 aliphatic heterocycles. The zero-order chi connectivity index (χ0) is 11.6. The van der Waals surface area contributed by atoms with Crippen LogP contribution in [0, 0.1) is 5.92 Å². The third kappa shape index (κ3) is 2.85. The van der Waals surface area contributed by atoms with Crippen molar-refractivity contribution in [2.24, 2.45) is 5.92 Å². The Morgan fingerprint density at radius 2 is 1.94 bits per heavy atom. The van der Waals surface area contributed by atoms with E-state index in [0.29, 0.717) is 5.54 Å². The molecular weight excluding hydrogens is 198 g/mol. The maximum Gasteiger partial charge on any atom is 0.0489 e. The second-order valence-electron chi connectivity index (χ2n) is 5.83. The van der Waals surface area contributed by atoms with Gasteiger partial charge in [0.1, 0.15) is 0 Å². The number of likely N-dealkylation sites (tertiary alicyclic amines) is 1. The maximum absolute atomic E-state index is 4.28. The van der Waals surface area contributed by atoms with Gasteiger partial charge in [-0.15, -0.1) is 0 Å². The lowest BCUT2D eigenvalue weighted by atomic mass is 9.93. The summed E-state index contributed by atoms with van der Waals surface area (Å²) in [5.74, 6) is 0.804. The number of hydrogen-bond acceptors (Lipinski definition) is 2. The minimum atomic E-state index is 0.330. The van der Waals surface area contributed by atoms with Crippen molar-refractivity contribution in [3.05, 3.63) is 18.5 Å². The average Bonchev–Trinajstić information content (AvgIpc) is 2.70. The first-order chi connectivity index (χ1) is 7.55. The molecule has 3 nitrogen and oxygen atoms in total. The van der Waals surface area contributed by atoms with Crippen molar-refractivity contribution in [3.8, 4) is 0 Å². The topological polar surface area (TPSA) is 21.1 Å². The van der Waals surface area contributed by atoms with Crippen LogP contribution in [0.1, 0.15) is 33.6 Å². The van der Waals surface area contributed by atoms with E-state index in [1.165, 1.54) is 25.9 Å². The van der Waals surface area contributed by atoms with Crippen LogP contribution in [0.3, 0.4) is 0 Å². The SMILES string of the molecule is CC(C)(C)N1CCC(Cn2cccn2)CC1. The Hall–Kier alpha value is -0.830. The van der Waals surface area contributed by atoms with E-state index < -0.39 is 0 Å². The maximum atomic E-state index is 4.28. The molecule has 0 spiro atoms. The van der Waals surface area contributed by atoms with Gasteiger partial charge in [-0.05, 0) is 58.7 Å². The lowest BCUT2D eigenvalue weighted by molar-refractivity contribution is 0.0821. The molecule has 1 fully saturated rings. The molecule has 0 aromatic carbocycles. The predicted molar refractivity (Wildman–Crippen MR) is 66.3 cm³/mol. The number of aromatic nitrogens is 2. The van der Waals surface area contributed by atoms with Gasteiger partial charge in [0.25, 0.3) is 0 Å². The van der Waals surface area contributed by atoms with E-state index in [-0.39, 0.29) is 0 Å². The molecule has 1 saturated heterocycles. The summed E-state index contributed by atoms with van der Waals surface area (Å²) in [5, 5.41) is 4.28. The third-order valence-corrected chi connectivity index (χ3v) is 3.57. The van der Waals surface area contributed by atoms with E-state index >= 15 is 0 Å². The highest BCUT2D eigenvalue weighted by Gasteiger charge is 2.26. The Balaban J connectivity index is 1.82. The minimum absolute atomic E-state index is 0.330. The summed E-state index contributed by atoms with van der Waals surface area (Å²) in [6.45, 7) is 10.5. The van der Waals surface area contributed by atoms with Gasteiger partial charge in [0.15, 0.2) is 0 Å². The highest BCUT2D eigenvalue weighted by atomic mass is 15.3. The molecule has 2 heterocycles. The summed E-state index contributed by atoms with van der Waals surface area (Å²) in [4.78, 5) is 2.59. The Morgan fingerprint density at radius 3 is 2.44 bits per heavy atom. The third-order valence-electron chi connectivity index (χ3n) is 3.57. The van der Waals surface area contributed by atoms with Crippen LogP contribution in [0.2, 0.25) is 0 Å². The minimum Gasteiger partial charge on any atom is -0.298 e. The number of rotatable bonds is 2. The van der Waals surface area contributed by atoms with E-state index in [1.807, 2.05) is 12.3 Å². The zero-order valence-electron chi connectivity index (χ0n) is 10.7. The average molecular weight is 221 g/mol. The Labute approximate surface area is 98.4 Å². The monoisotopic (exact) mass is 221 g/mol. The second kappa shape index (κ2) is 4.58. The van der Waals surface area contributed by atoms with Crippen molar-refractivity contribution in [2.45, 2.75) is 45.7 Å². The lowest BCUT2D eigenvalue weighted by Crippen LogP contribution is -2.46. The van der Waals surface area contributed by atoms with E-state index in [1.54, 1.807) is 0 Å². The van der Waals surface area contributed by atoms with E-state index in [4.69, 9.17) is 0 Å². The zero-order valence-corrected chi connectivity index (χ0v) is 10.7. The summed E-state index contributed by atoms with van der Waals surface area (Å²) in [6.07, 6.45) is 6.54. The molecule has 16 heavy (non-hydrogen) atoms. The molecular formula is C13H23N3. The highest BCUT2D eigenvalue weighted by molar-refractivity contribution is 4.83. The van der Waals surface area contributed by atoms with Crippen LogP contribution in [0.4, 0.5) is 0 Å². The summed E-state index contributed by atoms with van der Waals surface area (Å²) in [5.41, 5.74) is 0.330. The van der Waals surface area contributed by atoms with Crippen LogP contribution >= 0.6 is 0 Å². The standard InChI is InChI=1S/C13H23N3/c1-13(2,3)15-9-5-12(6-10-15)11-16-8-4-7-14-16/h4,7-8,12H,5-6,9-11H2,1-3H3. The smallest absolute Gasteiger partial charge is 0.0489 e. The van der Waals surface area contributed by atoms with Crippen LogP contribution in [-0.2, 0) is 6.54 Å². The predicted octanol–water partition coefficient (Wildman–Crippen LogP) is 2.39. The summed E-state index contributed by atoms with van der Waals surface area (Å²) in [7, 11) is 0. The van der Waals surface area contributed by atoms with Crippen LogP contribution < -0.4 is 0 Å². The van der Waals surface area contributed by atoms with Crippen molar-refractivity contribution >= 4 is 0 Å². The van der Waals surface area contributed by atoms with Gasteiger partial charge in [0.2, 0.25) is 0 Å². The molecule has 0 saturated carbocycles. The molecule has 0 radical (unpaired) electrons. The number of hydrogen-bond donors (Lipinski definition) is 0. The molecule has 1 aliphatic rings. The van der Waals surface area contributed by atoms with Crippen LogP contribution in [0.5, 0.6) is 0 Å². The quantitative estimate of drug-likeness (QED) is 0.764. The normalized spacial score (nSPS) is 20.2. The van der Waals surface area contributed by atoms with Gasteiger partial charge in [0, 0.05) is 24.5 Å². The number of piperidine rings is 1. The second-order valence-corrected chi connectivity index (χ2v) is 5.83. The molecule has 0 N–H and O–H groups in total. The fourth-order valence-electron chi connectivity index (χ4n) is 2.46. The number of nitrogens with zero attached hydrogens (tertiary/aromatic N) is 3. The van der Waals surface area contributed by atoms with Crippen LogP contribution in [0.15, 0.2) is 18.5 Å². The van der Waals surface area contributed by atoms with Gasteiger partial charge < -0.3 is 0 Å².